The van der Waals surface area contributed by atoms with Gasteiger partial charge in [0.15, 0.2) is 0 Å². The van der Waals surface area contributed by atoms with Crippen molar-refractivity contribution >= 4 is 15.6 Å². The average Bonchev–Trinajstić information content (AvgIpc) is 1.86. The molecular weight excluding hydrogens is 158 g/mol. The molecule has 1 fully saturated rings. The van der Waals surface area contributed by atoms with E-state index in [0.717, 1.165) is 19.0 Å². The van der Waals surface area contributed by atoms with Crippen molar-refractivity contribution in [2.45, 2.75) is 19.8 Å². The Hall–Kier alpha value is -0.0200. The fourth-order valence-corrected chi connectivity index (χ4v) is 2.35. The van der Waals surface area contributed by atoms with Gasteiger partial charge in [0.2, 0.25) is 0 Å². The van der Waals surface area contributed by atoms with E-state index in [1.807, 2.05) is 4.31 Å². The van der Waals surface area contributed by atoms with Crippen molar-refractivity contribution < 1.29 is 4.21 Å². The van der Waals surface area contributed by atoms with Gasteiger partial charge in [-0.25, -0.2) is 4.31 Å². The second kappa shape index (κ2) is 3.15. The fraction of sp³-hybridized carbons (Fsp3) is 0.875. The number of piperidine rings is 1. The third-order valence-corrected chi connectivity index (χ3v) is 3.75. The highest BCUT2D eigenvalue weighted by Gasteiger charge is 2.18. The molecule has 0 saturated carbocycles. The monoisotopic (exact) mass is 175 g/mol. The summed E-state index contributed by atoms with van der Waals surface area (Å²) in [7, 11) is -1.92. The van der Waals surface area contributed by atoms with Crippen molar-refractivity contribution in [3.05, 3.63) is 0 Å². The molecule has 0 amide bonds. The predicted octanol–water partition coefficient (Wildman–Crippen LogP) is 0.979. The van der Waals surface area contributed by atoms with Crippen molar-refractivity contribution in [3.63, 3.8) is 0 Å². The molecule has 0 spiro atoms. The molecule has 66 valence electrons. The second-order valence-electron chi connectivity index (χ2n) is 3.57. The minimum Gasteiger partial charge on any atom is -0.253 e. The smallest absolute Gasteiger partial charge is 0.0245 e. The molecule has 11 heavy (non-hydrogen) atoms. The van der Waals surface area contributed by atoms with Crippen molar-refractivity contribution in [1.82, 2.24) is 4.31 Å². The highest BCUT2D eigenvalue weighted by atomic mass is 32.2. The van der Waals surface area contributed by atoms with Crippen LogP contribution in [0, 0.1) is 5.92 Å². The molecule has 1 atom stereocenters. The molecule has 1 saturated heterocycles. The second-order valence-corrected chi connectivity index (χ2v) is 6.01. The van der Waals surface area contributed by atoms with Crippen LogP contribution in [0.3, 0.4) is 0 Å². The summed E-state index contributed by atoms with van der Waals surface area (Å²) >= 11 is 0. The first kappa shape index (κ1) is 9.07. The summed E-state index contributed by atoms with van der Waals surface area (Å²) in [5.41, 5.74) is 0. The van der Waals surface area contributed by atoms with Crippen LogP contribution in [-0.2, 0) is 9.71 Å². The molecule has 0 N–H and O–H groups in total. The van der Waals surface area contributed by atoms with Crippen LogP contribution >= 0.6 is 0 Å². The quantitative estimate of drug-likeness (QED) is 0.544. The Kier molecular flexibility index (Phi) is 2.60. The van der Waals surface area contributed by atoms with Gasteiger partial charge in [-0.3, -0.25) is 4.21 Å². The van der Waals surface area contributed by atoms with E-state index in [2.05, 4.69) is 12.8 Å². The van der Waals surface area contributed by atoms with Crippen molar-refractivity contribution in [1.29, 1.82) is 0 Å². The maximum atomic E-state index is 11.5. The van der Waals surface area contributed by atoms with Gasteiger partial charge >= 0.3 is 0 Å². The normalized spacial score (nSPS) is 28.2. The minimum atomic E-state index is -1.92. The highest BCUT2D eigenvalue weighted by molar-refractivity contribution is 7.97. The standard InChI is InChI=1S/C8H17NOS/c1-8-4-6-9(7-5-8)11(2,3)10/h8H,2,4-7H2,1,3H3. The van der Waals surface area contributed by atoms with Gasteiger partial charge < -0.3 is 0 Å². The van der Waals surface area contributed by atoms with Crippen LogP contribution in [0.15, 0.2) is 0 Å². The van der Waals surface area contributed by atoms with Gasteiger partial charge in [0.25, 0.3) is 0 Å². The Morgan fingerprint density at radius 3 is 2.27 bits per heavy atom. The van der Waals surface area contributed by atoms with E-state index < -0.39 is 9.71 Å². The van der Waals surface area contributed by atoms with Crippen molar-refractivity contribution in [2.75, 3.05) is 19.3 Å². The van der Waals surface area contributed by atoms with Gasteiger partial charge in [-0.1, -0.05) is 6.92 Å². The number of rotatable bonds is 1. The molecule has 0 bridgehead atoms. The van der Waals surface area contributed by atoms with Crippen LogP contribution in [0.2, 0.25) is 0 Å². The Balaban J connectivity index is 2.53. The molecule has 1 aliphatic rings. The largest absolute Gasteiger partial charge is 0.253 e. The van der Waals surface area contributed by atoms with Gasteiger partial charge in [0.1, 0.15) is 0 Å². The molecule has 0 aromatic rings. The van der Waals surface area contributed by atoms with E-state index in [1.165, 1.54) is 12.8 Å². The Labute approximate surface area is 69.7 Å². The molecule has 1 heterocycles. The lowest BCUT2D eigenvalue weighted by molar-refractivity contribution is 0.299. The minimum absolute atomic E-state index is 0.799. The molecule has 0 aromatic carbocycles. The number of hydrogen-bond acceptors (Lipinski definition) is 1. The molecule has 0 radical (unpaired) electrons. The highest BCUT2D eigenvalue weighted by Crippen LogP contribution is 2.17. The van der Waals surface area contributed by atoms with E-state index >= 15 is 0 Å². The van der Waals surface area contributed by atoms with E-state index in [0.29, 0.717) is 0 Å². The van der Waals surface area contributed by atoms with E-state index in [1.54, 1.807) is 6.26 Å². The molecule has 1 unspecified atom stereocenters. The van der Waals surface area contributed by atoms with Gasteiger partial charge in [0, 0.05) is 29.1 Å². The topological polar surface area (TPSA) is 20.3 Å². The summed E-state index contributed by atoms with van der Waals surface area (Å²) in [6, 6.07) is 0. The molecule has 0 aliphatic carbocycles. The zero-order chi connectivity index (χ0) is 8.48. The van der Waals surface area contributed by atoms with Crippen LogP contribution in [0.1, 0.15) is 19.8 Å². The molecule has 3 heteroatoms. The molecule has 2 nitrogen and oxygen atoms in total. The summed E-state index contributed by atoms with van der Waals surface area (Å²) in [4.78, 5) is 0. The lowest BCUT2D eigenvalue weighted by Gasteiger charge is -2.30. The average molecular weight is 175 g/mol. The van der Waals surface area contributed by atoms with Crippen molar-refractivity contribution in [3.8, 4) is 0 Å². The number of nitrogens with zero attached hydrogens (tertiary/aromatic N) is 1. The lowest BCUT2D eigenvalue weighted by atomic mass is 10.0. The van der Waals surface area contributed by atoms with E-state index in [-0.39, 0.29) is 0 Å². The lowest BCUT2D eigenvalue weighted by Crippen LogP contribution is -2.36. The maximum Gasteiger partial charge on any atom is 0.0245 e. The van der Waals surface area contributed by atoms with E-state index in [4.69, 9.17) is 0 Å². The van der Waals surface area contributed by atoms with Gasteiger partial charge in [-0.2, -0.15) is 0 Å². The summed E-state index contributed by atoms with van der Waals surface area (Å²) < 4.78 is 13.5. The summed E-state index contributed by atoms with van der Waals surface area (Å²) in [5.74, 6) is 4.47. The predicted molar refractivity (Wildman–Crippen MR) is 51.2 cm³/mol. The fourth-order valence-electron chi connectivity index (χ4n) is 1.37. The Morgan fingerprint density at radius 1 is 1.45 bits per heavy atom. The Morgan fingerprint density at radius 2 is 1.91 bits per heavy atom. The van der Waals surface area contributed by atoms with Gasteiger partial charge in [-0.15, -0.1) is 0 Å². The van der Waals surface area contributed by atoms with Crippen LogP contribution in [0.25, 0.3) is 0 Å². The van der Waals surface area contributed by atoms with Gasteiger partial charge in [0.05, 0.1) is 0 Å². The van der Waals surface area contributed by atoms with Crippen LogP contribution in [0.5, 0.6) is 0 Å². The van der Waals surface area contributed by atoms with Gasteiger partial charge in [-0.05, 0) is 24.6 Å². The molecule has 0 aromatic heterocycles. The first-order valence-electron chi connectivity index (χ1n) is 4.07. The third-order valence-electron chi connectivity index (χ3n) is 2.29. The van der Waals surface area contributed by atoms with Crippen molar-refractivity contribution in [2.24, 2.45) is 5.92 Å². The zero-order valence-corrected chi connectivity index (χ0v) is 8.19. The molecule has 1 rings (SSSR count). The van der Waals surface area contributed by atoms with Crippen LogP contribution in [0.4, 0.5) is 0 Å². The third kappa shape index (κ3) is 2.49. The van der Waals surface area contributed by atoms with Crippen LogP contribution in [-0.4, -0.2) is 33.7 Å². The molecular formula is C8H17NOS. The first-order chi connectivity index (χ1) is 5.00. The molecule has 1 aliphatic heterocycles. The summed E-state index contributed by atoms with van der Waals surface area (Å²) in [6.45, 7) is 4.16. The number of hydrogen-bond donors (Lipinski definition) is 0. The Bertz CT molecular complexity index is 212. The van der Waals surface area contributed by atoms with Crippen LogP contribution < -0.4 is 0 Å². The summed E-state index contributed by atoms with van der Waals surface area (Å²) in [6.07, 6.45) is 4.06. The first-order valence-corrected chi connectivity index (χ1v) is 6.16. The SMILES string of the molecule is C=S(C)(=O)N1CCC(C)CC1. The summed E-state index contributed by atoms with van der Waals surface area (Å²) in [5, 5.41) is 0. The maximum absolute atomic E-state index is 11.5. The zero-order valence-electron chi connectivity index (χ0n) is 7.38. The van der Waals surface area contributed by atoms with E-state index in [9.17, 15) is 4.21 Å².